The fourth-order valence-electron chi connectivity index (χ4n) is 2.60. The lowest BCUT2D eigenvalue weighted by Crippen LogP contribution is -2.38. The minimum Gasteiger partial charge on any atom is -0.484 e. The highest BCUT2D eigenvalue weighted by molar-refractivity contribution is 7.09. The van der Waals surface area contributed by atoms with Crippen LogP contribution >= 0.6 is 11.5 Å². The number of nitrogens with one attached hydrogen (secondary N) is 1. The fraction of sp³-hybridized carbons (Fsp3) is 0.278. The van der Waals surface area contributed by atoms with Crippen molar-refractivity contribution in [3.05, 3.63) is 36.2 Å². The van der Waals surface area contributed by atoms with Gasteiger partial charge in [-0.15, -0.1) is 0 Å². The second kappa shape index (κ2) is 8.55. The normalized spacial score (nSPS) is 14.0. The van der Waals surface area contributed by atoms with Crippen molar-refractivity contribution in [1.82, 2.24) is 19.3 Å². The van der Waals surface area contributed by atoms with Gasteiger partial charge in [0.25, 0.3) is 0 Å². The number of halogens is 3. The van der Waals surface area contributed by atoms with Crippen molar-refractivity contribution < 1.29 is 32.5 Å². The number of carboxylic acid groups (broad SMARTS) is 1. The van der Waals surface area contributed by atoms with Gasteiger partial charge in [-0.1, -0.05) is 0 Å². The van der Waals surface area contributed by atoms with E-state index in [4.69, 9.17) is 9.47 Å². The number of alkyl halides is 3. The van der Waals surface area contributed by atoms with E-state index in [0.29, 0.717) is 41.8 Å². The smallest absolute Gasteiger partial charge is 0.417 e. The Labute approximate surface area is 182 Å². The van der Waals surface area contributed by atoms with Crippen molar-refractivity contribution in [2.75, 3.05) is 30.5 Å². The molecule has 0 aliphatic carbocycles. The van der Waals surface area contributed by atoms with Crippen LogP contribution in [0.25, 0.3) is 11.5 Å². The molecular formula is C18H15F3N6O4S. The van der Waals surface area contributed by atoms with Crippen molar-refractivity contribution in [2.24, 2.45) is 0 Å². The molecule has 3 aromatic heterocycles. The first kappa shape index (κ1) is 21.7. The summed E-state index contributed by atoms with van der Waals surface area (Å²) in [6, 6.07) is 4.08. The van der Waals surface area contributed by atoms with Crippen molar-refractivity contribution in [1.29, 1.82) is 0 Å². The van der Waals surface area contributed by atoms with Gasteiger partial charge in [0.1, 0.15) is 17.5 Å². The number of ether oxygens (including phenoxy) is 2. The summed E-state index contributed by atoms with van der Waals surface area (Å²) in [7, 11) is 1.11. The number of hydrogen-bond donors (Lipinski definition) is 2. The first-order valence-corrected chi connectivity index (χ1v) is 9.83. The summed E-state index contributed by atoms with van der Waals surface area (Å²) in [6.07, 6.45) is -3.99. The Morgan fingerprint density at radius 3 is 2.69 bits per heavy atom. The molecule has 0 bridgehead atoms. The van der Waals surface area contributed by atoms with Gasteiger partial charge in [-0.3, -0.25) is 4.90 Å². The number of nitrogens with zero attached hydrogens (tertiary/aromatic N) is 5. The van der Waals surface area contributed by atoms with Crippen molar-refractivity contribution in [3.63, 3.8) is 0 Å². The minimum absolute atomic E-state index is 0.00483. The average molecular weight is 468 g/mol. The highest BCUT2D eigenvalue weighted by atomic mass is 32.1. The predicted octanol–water partition coefficient (Wildman–Crippen LogP) is 3.65. The van der Waals surface area contributed by atoms with E-state index >= 15 is 0 Å². The van der Waals surface area contributed by atoms with Gasteiger partial charge >= 0.3 is 12.3 Å². The van der Waals surface area contributed by atoms with Crippen LogP contribution in [0.3, 0.4) is 0 Å². The predicted molar refractivity (Wildman–Crippen MR) is 107 cm³/mol. The van der Waals surface area contributed by atoms with Crippen molar-refractivity contribution in [3.8, 4) is 17.3 Å². The van der Waals surface area contributed by atoms with Crippen molar-refractivity contribution >= 4 is 34.3 Å². The lowest BCUT2D eigenvalue weighted by molar-refractivity contribution is -0.137. The Balaban J connectivity index is 1.54. The second-order valence-corrected chi connectivity index (χ2v) is 7.39. The van der Waals surface area contributed by atoms with Crippen LogP contribution in [0.2, 0.25) is 0 Å². The second-order valence-electron chi connectivity index (χ2n) is 6.64. The summed E-state index contributed by atoms with van der Waals surface area (Å²) in [6.45, 7) is 1.06. The fourth-order valence-corrected chi connectivity index (χ4v) is 3.18. The molecule has 14 heteroatoms. The van der Waals surface area contributed by atoms with Crippen LogP contribution in [0.5, 0.6) is 5.75 Å². The first-order chi connectivity index (χ1) is 15.2. The maximum Gasteiger partial charge on any atom is 0.417 e. The van der Waals surface area contributed by atoms with Crippen LogP contribution in [0.4, 0.5) is 34.6 Å². The van der Waals surface area contributed by atoms with E-state index in [0.717, 1.165) is 18.6 Å². The first-order valence-electron chi connectivity index (χ1n) is 9.06. The number of hydrogen-bond acceptors (Lipinski definition) is 9. The maximum atomic E-state index is 13.0. The molecule has 4 heterocycles. The van der Waals surface area contributed by atoms with E-state index in [1.165, 1.54) is 6.20 Å². The minimum atomic E-state index is -4.68. The van der Waals surface area contributed by atoms with Gasteiger partial charge in [0, 0.05) is 24.8 Å². The molecule has 1 amide bonds. The molecule has 0 radical (unpaired) electrons. The third-order valence-corrected chi connectivity index (χ3v) is 5.00. The van der Waals surface area contributed by atoms with Crippen LogP contribution in [0.15, 0.2) is 30.6 Å². The molecule has 4 rings (SSSR count). The van der Waals surface area contributed by atoms with Crippen LogP contribution in [-0.4, -0.2) is 56.9 Å². The van der Waals surface area contributed by atoms with E-state index < -0.39 is 17.8 Å². The molecule has 32 heavy (non-hydrogen) atoms. The molecular weight excluding hydrogens is 453 g/mol. The van der Waals surface area contributed by atoms with Crippen LogP contribution in [0.1, 0.15) is 5.56 Å². The summed E-state index contributed by atoms with van der Waals surface area (Å²) in [5.41, 5.74) is -0.914. The summed E-state index contributed by atoms with van der Waals surface area (Å²) < 4.78 is 54.0. The summed E-state index contributed by atoms with van der Waals surface area (Å²) in [5, 5.41) is 12.1. The van der Waals surface area contributed by atoms with E-state index in [9.17, 15) is 23.1 Å². The molecule has 0 saturated carbocycles. The van der Waals surface area contributed by atoms with Gasteiger partial charge < -0.3 is 19.9 Å². The topological polar surface area (TPSA) is 123 Å². The maximum absolute atomic E-state index is 13.0. The number of aromatic nitrogens is 4. The van der Waals surface area contributed by atoms with Crippen LogP contribution < -0.4 is 15.0 Å². The van der Waals surface area contributed by atoms with Gasteiger partial charge in [-0.2, -0.15) is 22.5 Å². The van der Waals surface area contributed by atoms with Gasteiger partial charge in [0.15, 0.2) is 11.6 Å². The highest BCUT2D eigenvalue weighted by Crippen LogP contribution is 2.35. The number of anilines is 3. The quantitative estimate of drug-likeness (QED) is 0.558. The molecule has 3 aromatic rings. The molecule has 0 unspecified atom stereocenters. The number of rotatable bonds is 6. The van der Waals surface area contributed by atoms with E-state index in [2.05, 4.69) is 24.6 Å². The Kier molecular flexibility index (Phi) is 5.80. The monoisotopic (exact) mass is 468 g/mol. The third kappa shape index (κ3) is 4.70. The van der Waals surface area contributed by atoms with Gasteiger partial charge in [-0.25, -0.2) is 14.8 Å². The Bertz CT molecular complexity index is 1120. The zero-order valence-electron chi connectivity index (χ0n) is 16.3. The molecule has 2 N–H and O–H groups in total. The SMILES string of the molecule is CN(C(=O)O)c1cc(C(F)(F)F)cnc1Nc1nc(-c2ccc(OC3COC3)cn2)ns1. The summed E-state index contributed by atoms with van der Waals surface area (Å²) >= 11 is 0.917. The molecule has 0 spiro atoms. The molecule has 0 atom stereocenters. The number of pyridine rings is 2. The molecule has 0 aromatic carbocycles. The average Bonchev–Trinajstić information content (AvgIpc) is 3.18. The van der Waals surface area contributed by atoms with Crippen LogP contribution in [-0.2, 0) is 10.9 Å². The Hall–Kier alpha value is -3.52. The highest BCUT2D eigenvalue weighted by Gasteiger charge is 2.33. The van der Waals surface area contributed by atoms with E-state index in [1.807, 2.05) is 0 Å². The molecule has 1 aliphatic heterocycles. The lowest BCUT2D eigenvalue weighted by atomic mass is 10.2. The van der Waals surface area contributed by atoms with Crippen molar-refractivity contribution in [2.45, 2.75) is 12.3 Å². The zero-order valence-corrected chi connectivity index (χ0v) is 17.1. The Morgan fingerprint density at radius 2 is 2.09 bits per heavy atom. The molecule has 168 valence electrons. The third-order valence-electron chi connectivity index (χ3n) is 4.37. The summed E-state index contributed by atoms with van der Waals surface area (Å²) in [4.78, 5) is 24.2. The summed E-state index contributed by atoms with van der Waals surface area (Å²) in [5.74, 6) is 0.729. The molecule has 1 fully saturated rings. The zero-order chi connectivity index (χ0) is 22.9. The standard InChI is InChI=1S/C18H15F3N6O4S/c1-27(17(28)29)13-4-9(18(19,20)21)5-23-15(13)25-16-24-14(26-32-16)12-3-2-10(6-22-12)31-11-7-30-8-11/h2-6,11H,7-8H2,1H3,(H,28,29)(H,23,24,25,26). The Morgan fingerprint density at radius 1 is 1.31 bits per heavy atom. The largest absolute Gasteiger partial charge is 0.484 e. The van der Waals surface area contributed by atoms with E-state index in [-0.39, 0.29) is 28.6 Å². The van der Waals surface area contributed by atoms with Gasteiger partial charge in [0.2, 0.25) is 5.13 Å². The lowest BCUT2D eigenvalue weighted by Gasteiger charge is -2.26. The van der Waals surface area contributed by atoms with Gasteiger partial charge in [0.05, 0.1) is 30.7 Å². The number of amides is 1. The van der Waals surface area contributed by atoms with Gasteiger partial charge in [-0.05, 0) is 18.2 Å². The molecule has 1 saturated heterocycles. The molecule has 10 nitrogen and oxygen atoms in total. The molecule has 1 aliphatic rings. The van der Waals surface area contributed by atoms with E-state index in [1.54, 1.807) is 12.1 Å². The number of carbonyl (C=O) groups is 1. The van der Waals surface area contributed by atoms with Crippen LogP contribution in [0, 0.1) is 0 Å².